The number of benzene rings is 1. The Labute approximate surface area is 130 Å². The molecule has 0 N–H and O–H groups in total. The van der Waals surface area contributed by atoms with Crippen LogP contribution in [0.5, 0.6) is 5.75 Å². The predicted octanol–water partition coefficient (Wildman–Crippen LogP) is 5.11. The fraction of sp³-hybridized carbons (Fsp3) is 0.467. The molecular formula is C15H21O4PS. The summed E-state index contributed by atoms with van der Waals surface area (Å²) in [6, 6.07) is 7.72. The molecule has 1 aliphatic rings. The first kappa shape index (κ1) is 16.6. The molecule has 1 heterocycles. The summed E-state index contributed by atoms with van der Waals surface area (Å²) in [5.41, 5.74) is 0.460. The van der Waals surface area contributed by atoms with Gasteiger partial charge in [0.25, 0.3) is 0 Å². The molecular weight excluding hydrogens is 307 g/mol. The molecule has 0 aromatic heterocycles. The molecule has 0 unspecified atom stereocenters. The van der Waals surface area contributed by atoms with Gasteiger partial charge in [0.05, 0.1) is 13.2 Å². The third-order valence-electron chi connectivity index (χ3n) is 2.79. The Morgan fingerprint density at radius 3 is 2.43 bits per heavy atom. The second kappa shape index (κ2) is 6.57. The first-order valence-electron chi connectivity index (χ1n) is 6.99. The van der Waals surface area contributed by atoms with Gasteiger partial charge in [-0.3, -0.25) is 0 Å². The molecule has 0 radical (unpaired) electrons. The molecule has 2 rings (SSSR count). The summed E-state index contributed by atoms with van der Waals surface area (Å²) in [4.78, 5) is 0.868. The molecule has 0 spiro atoms. The number of fused-ring (bicyclic) bond motifs is 1. The predicted molar refractivity (Wildman–Crippen MR) is 87.6 cm³/mol. The molecule has 0 atom stereocenters. The van der Waals surface area contributed by atoms with Gasteiger partial charge in [0.15, 0.2) is 0 Å². The minimum Gasteiger partial charge on any atom is -0.483 e. The highest BCUT2D eigenvalue weighted by Crippen LogP contribution is 2.66. The van der Waals surface area contributed by atoms with Crippen molar-refractivity contribution in [1.29, 1.82) is 0 Å². The van der Waals surface area contributed by atoms with Gasteiger partial charge in [0, 0.05) is 10.5 Å². The van der Waals surface area contributed by atoms with Gasteiger partial charge in [-0.2, -0.15) is 0 Å². The lowest BCUT2D eigenvalue weighted by atomic mass is 10.0. The molecule has 6 heteroatoms. The fourth-order valence-corrected chi connectivity index (χ4v) is 5.85. The van der Waals surface area contributed by atoms with Crippen molar-refractivity contribution in [2.45, 2.75) is 33.3 Å². The highest BCUT2D eigenvalue weighted by molar-refractivity contribution is 8.59. The van der Waals surface area contributed by atoms with E-state index >= 15 is 0 Å². The minimum atomic E-state index is -3.21. The molecule has 0 fully saturated rings. The van der Waals surface area contributed by atoms with Gasteiger partial charge >= 0.3 is 6.80 Å². The third kappa shape index (κ3) is 4.13. The number of para-hydroxylation sites is 1. The van der Waals surface area contributed by atoms with E-state index in [1.54, 1.807) is 0 Å². The average Bonchev–Trinajstić information content (AvgIpc) is 2.37. The van der Waals surface area contributed by atoms with Crippen LogP contribution in [0.25, 0.3) is 4.91 Å². The van der Waals surface area contributed by atoms with Crippen molar-refractivity contribution in [3.8, 4) is 5.75 Å². The summed E-state index contributed by atoms with van der Waals surface area (Å²) >= 11 is 1.15. The Hall–Kier alpha value is -0.740. The number of hydrogen-bond donors (Lipinski definition) is 0. The van der Waals surface area contributed by atoms with E-state index in [0.717, 1.165) is 27.6 Å². The van der Waals surface area contributed by atoms with Gasteiger partial charge in [-0.15, -0.1) is 0 Å². The Balaban J connectivity index is 2.36. The van der Waals surface area contributed by atoms with E-state index in [1.807, 2.05) is 58.0 Å². The summed E-state index contributed by atoms with van der Waals surface area (Å²) in [6.07, 6.45) is 1.96. The number of rotatable bonds is 6. The molecule has 116 valence electrons. The van der Waals surface area contributed by atoms with Crippen molar-refractivity contribution in [3.63, 3.8) is 0 Å². The second-order valence-corrected chi connectivity index (χ2v) is 9.01. The van der Waals surface area contributed by atoms with E-state index in [0.29, 0.717) is 13.2 Å². The summed E-state index contributed by atoms with van der Waals surface area (Å²) in [5.74, 6) is 0.784. The maximum absolute atomic E-state index is 12.7. The van der Waals surface area contributed by atoms with Crippen LogP contribution in [0.1, 0.15) is 33.3 Å². The molecule has 0 amide bonds. The van der Waals surface area contributed by atoms with E-state index in [9.17, 15) is 4.57 Å². The van der Waals surface area contributed by atoms with E-state index in [4.69, 9.17) is 13.8 Å². The second-order valence-electron chi connectivity index (χ2n) is 5.08. The fourth-order valence-electron chi connectivity index (χ4n) is 2.07. The van der Waals surface area contributed by atoms with Crippen LogP contribution in [0.4, 0.5) is 0 Å². The molecule has 0 aliphatic carbocycles. The Kier molecular flexibility index (Phi) is 5.20. The van der Waals surface area contributed by atoms with E-state index < -0.39 is 12.4 Å². The molecule has 0 saturated carbocycles. The molecule has 0 bridgehead atoms. The maximum Gasteiger partial charge on any atom is 0.393 e. The van der Waals surface area contributed by atoms with E-state index in [-0.39, 0.29) is 0 Å². The summed E-state index contributed by atoms with van der Waals surface area (Å²) in [6.45, 7) is 5.04. The van der Waals surface area contributed by atoms with Gasteiger partial charge in [0.1, 0.15) is 11.4 Å². The van der Waals surface area contributed by atoms with Crippen LogP contribution < -0.4 is 4.74 Å². The maximum atomic E-state index is 12.7. The average molecular weight is 328 g/mol. The first-order valence-corrected chi connectivity index (χ1v) is 9.95. The van der Waals surface area contributed by atoms with Crippen molar-refractivity contribution in [1.82, 2.24) is 0 Å². The molecule has 1 aliphatic heterocycles. The Morgan fingerprint density at radius 1 is 1.19 bits per heavy atom. The summed E-state index contributed by atoms with van der Waals surface area (Å²) < 4.78 is 29.4. The zero-order valence-corrected chi connectivity index (χ0v) is 14.5. The van der Waals surface area contributed by atoms with Gasteiger partial charge in [0.2, 0.25) is 0 Å². The lowest BCUT2D eigenvalue weighted by molar-refractivity contribution is 0.158. The lowest BCUT2D eigenvalue weighted by Crippen LogP contribution is -2.28. The Morgan fingerprint density at radius 2 is 1.81 bits per heavy atom. The molecule has 1 aromatic rings. The smallest absolute Gasteiger partial charge is 0.393 e. The number of ether oxygens (including phenoxy) is 1. The van der Waals surface area contributed by atoms with Crippen LogP contribution in [-0.2, 0) is 13.6 Å². The van der Waals surface area contributed by atoms with Crippen molar-refractivity contribution < 1.29 is 18.3 Å². The van der Waals surface area contributed by atoms with Crippen LogP contribution in [0.15, 0.2) is 30.3 Å². The lowest BCUT2D eigenvalue weighted by Gasteiger charge is -2.31. The third-order valence-corrected chi connectivity index (χ3v) is 6.59. The number of hydrogen-bond acceptors (Lipinski definition) is 5. The van der Waals surface area contributed by atoms with E-state index in [2.05, 4.69) is 0 Å². The van der Waals surface area contributed by atoms with Crippen molar-refractivity contribution in [2.24, 2.45) is 0 Å². The van der Waals surface area contributed by atoms with Crippen LogP contribution in [0.2, 0.25) is 0 Å². The molecule has 4 nitrogen and oxygen atoms in total. The van der Waals surface area contributed by atoms with Gasteiger partial charge in [-0.1, -0.05) is 18.2 Å². The highest BCUT2D eigenvalue weighted by Gasteiger charge is 2.33. The highest BCUT2D eigenvalue weighted by atomic mass is 32.7. The van der Waals surface area contributed by atoms with Crippen LogP contribution in [0.3, 0.4) is 0 Å². The van der Waals surface area contributed by atoms with Gasteiger partial charge < -0.3 is 13.8 Å². The molecule has 21 heavy (non-hydrogen) atoms. The quantitative estimate of drug-likeness (QED) is 0.679. The standard InChI is InChI=1S/C15H21O4PS/c1-5-17-20(16,18-6-2)21-14-11-15(3,4)19-13-10-8-7-9-12(13)14/h7-11H,5-6H2,1-4H3. The van der Waals surface area contributed by atoms with Gasteiger partial charge in [-0.05, 0) is 51.2 Å². The normalized spacial score (nSPS) is 16.9. The van der Waals surface area contributed by atoms with Crippen molar-refractivity contribution >= 4 is 23.1 Å². The Bertz CT molecular complexity index is 573. The SMILES string of the molecule is CCOP(=O)(OCC)SC1=CC(C)(C)Oc2ccccc21. The topological polar surface area (TPSA) is 44.8 Å². The largest absolute Gasteiger partial charge is 0.483 e. The van der Waals surface area contributed by atoms with Crippen LogP contribution >= 0.6 is 18.2 Å². The molecule has 1 aromatic carbocycles. The van der Waals surface area contributed by atoms with E-state index in [1.165, 1.54) is 0 Å². The zero-order valence-electron chi connectivity index (χ0n) is 12.8. The zero-order chi connectivity index (χ0) is 15.5. The van der Waals surface area contributed by atoms with Gasteiger partial charge in [-0.25, -0.2) is 4.57 Å². The monoisotopic (exact) mass is 328 g/mol. The summed E-state index contributed by atoms with van der Waals surface area (Å²) in [5, 5.41) is 0. The van der Waals surface area contributed by atoms with Crippen molar-refractivity contribution in [3.05, 3.63) is 35.9 Å². The first-order chi connectivity index (χ1) is 9.89. The summed E-state index contributed by atoms with van der Waals surface area (Å²) in [7, 11) is 0. The molecule has 0 saturated heterocycles. The van der Waals surface area contributed by atoms with Crippen LogP contribution in [-0.4, -0.2) is 18.8 Å². The van der Waals surface area contributed by atoms with Crippen LogP contribution in [0, 0.1) is 0 Å². The minimum absolute atomic E-state index is 0.346. The van der Waals surface area contributed by atoms with Crippen molar-refractivity contribution in [2.75, 3.05) is 13.2 Å².